The van der Waals surface area contributed by atoms with Crippen molar-refractivity contribution < 1.29 is 9.59 Å². The summed E-state index contributed by atoms with van der Waals surface area (Å²) < 4.78 is 0. The molecular formula is C26H35Cl2N3O2S. The van der Waals surface area contributed by atoms with Crippen molar-refractivity contribution in [1.82, 2.24) is 15.5 Å². The smallest absolute Gasteiger partial charge is 0.251 e. The summed E-state index contributed by atoms with van der Waals surface area (Å²) >= 11 is 13.5. The fourth-order valence-electron chi connectivity index (χ4n) is 3.31. The van der Waals surface area contributed by atoms with Gasteiger partial charge in [-0.2, -0.15) is 11.8 Å². The summed E-state index contributed by atoms with van der Waals surface area (Å²) in [6.45, 7) is 2.86. The molecule has 2 fully saturated rings. The Hall–Kier alpha value is -1.73. The van der Waals surface area contributed by atoms with Gasteiger partial charge >= 0.3 is 0 Å². The zero-order chi connectivity index (χ0) is 24.8. The van der Waals surface area contributed by atoms with Gasteiger partial charge in [0, 0.05) is 31.0 Å². The van der Waals surface area contributed by atoms with Crippen LogP contribution in [0.5, 0.6) is 0 Å². The van der Waals surface area contributed by atoms with Crippen LogP contribution in [0.25, 0.3) is 0 Å². The molecule has 5 nitrogen and oxygen atoms in total. The van der Waals surface area contributed by atoms with Crippen molar-refractivity contribution in [3.8, 4) is 0 Å². The van der Waals surface area contributed by atoms with Crippen molar-refractivity contribution in [1.29, 1.82) is 0 Å². The predicted molar refractivity (Wildman–Crippen MR) is 145 cm³/mol. The maximum absolute atomic E-state index is 11.7. The van der Waals surface area contributed by atoms with Gasteiger partial charge in [-0.1, -0.05) is 47.5 Å². The Bertz CT molecular complexity index is 885. The lowest BCUT2D eigenvalue weighted by Crippen LogP contribution is -2.38. The average molecular weight is 525 g/mol. The Morgan fingerprint density at radius 2 is 1.71 bits per heavy atom. The molecular weight excluding hydrogens is 489 g/mol. The molecule has 0 bridgehead atoms. The molecule has 4 rings (SSSR count). The standard InChI is InChI=1S/C13H16N2O2.C9H8Cl2.C4H11NS/c16-12(15-8-4-5-9-15)10-14-13(17)11-6-2-1-3-7-11;10-8-4-3-7(5-9(8)11)6-1-2-6;1-5-3-4-6-2/h1-3,6-7H,4-5,8-10H2,(H,14,17);3-6H,1-2H2;5H,3-4H2,1-2H3. The second-order valence-corrected chi connectivity index (χ2v) is 9.98. The molecule has 1 saturated carbocycles. The minimum Gasteiger partial charge on any atom is -0.343 e. The summed E-state index contributed by atoms with van der Waals surface area (Å²) in [5.41, 5.74) is 1.92. The van der Waals surface area contributed by atoms with Crippen LogP contribution in [0.3, 0.4) is 0 Å². The second-order valence-electron chi connectivity index (χ2n) is 8.18. The number of amides is 2. The first-order valence-electron chi connectivity index (χ1n) is 11.7. The van der Waals surface area contributed by atoms with Gasteiger partial charge in [-0.05, 0) is 74.7 Å². The number of likely N-dealkylation sites (tertiary alicyclic amines) is 1. The van der Waals surface area contributed by atoms with Gasteiger partial charge in [0.15, 0.2) is 0 Å². The molecule has 1 aliphatic heterocycles. The Kier molecular flexibility index (Phi) is 13.4. The number of thioether (sulfide) groups is 1. The fraction of sp³-hybridized carbons (Fsp3) is 0.462. The van der Waals surface area contributed by atoms with E-state index >= 15 is 0 Å². The molecule has 2 N–H and O–H groups in total. The Morgan fingerprint density at radius 1 is 1.03 bits per heavy atom. The van der Waals surface area contributed by atoms with Crippen LogP contribution in [0.4, 0.5) is 0 Å². The van der Waals surface area contributed by atoms with Crippen LogP contribution < -0.4 is 10.6 Å². The van der Waals surface area contributed by atoms with Gasteiger partial charge in [0.25, 0.3) is 5.91 Å². The van der Waals surface area contributed by atoms with Crippen molar-refractivity contribution in [3.05, 3.63) is 69.7 Å². The third-order valence-electron chi connectivity index (χ3n) is 5.44. The van der Waals surface area contributed by atoms with E-state index in [0.29, 0.717) is 15.6 Å². The highest BCUT2D eigenvalue weighted by Gasteiger charge is 2.23. The van der Waals surface area contributed by atoms with Crippen LogP contribution in [0, 0.1) is 0 Å². The molecule has 186 valence electrons. The number of nitrogens with one attached hydrogen (secondary N) is 2. The van der Waals surface area contributed by atoms with Gasteiger partial charge in [0.1, 0.15) is 0 Å². The van der Waals surface area contributed by atoms with Crippen LogP contribution in [0.15, 0.2) is 48.5 Å². The lowest BCUT2D eigenvalue weighted by atomic mass is 10.1. The quantitative estimate of drug-likeness (QED) is 0.471. The largest absolute Gasteiger partial charge is 0.343 e. The first-order chi connectivity index (χ1) is 16.5. The summed E-state index contributed by atoms with van der Waals surface area (Å²) in [7, 11) is 1.97. The monoisotopic (exact) mass is 523 g/mol. The zero-order valence-electron chi connectivity index (χ0n) is 20.0. The summed E-state index contributed by atoms with van der Waals surface area (Å²) in [6, 6.07) is 14.8. The minimum absolute atomic E-state index is 0.00628. The summed E-state index contributed by atoms with van der Waals surface area (Å²) in [4.78, 5) is 25.2. The van der Waals surface area contributed by atoms with E-state index in [1.165, 1.54) is 24.2 Å². The first kappa shape index (κ1) is 28.5. The fourth-order valence-corrected chi connectivity index (χ4v) is 4.03. The predicted octanol–water partition coefficient (Wildman–Crippen LogP) is 5.48. The number of halogens is 2. The third kappa shape index (κ3) is 10.7. The number of rotatable bonds is 7. The molecule has 1 saturated heterocycles. The van der Waals surface area contributed by atoms with Gasteiger partial charge in [-0.3, -0.25) is 9.59 Å². The van der Waals surface area contributed by atoms with Gasteiger partial charge in [0.2, 0.25) is 5.91 Å². The lowest BCUT2D eigenvalue weighted by molar-refractivity contribution is -0.129. The normalized spacial score (nSPS) is 14.4. The molecule has 2 aromatic carbocycles. The molecule has 34 heavy (non-hydrogen) atoms. The van der Waals surface area contributed by atoms with Crippen LogP contribution in [-0.2, 0) is 4.79 Å². The van der Waals surface area contributed by atoms with Gasteiger partial charge < -0.3 is 15.5 Å². The molecule has 0 aromatic heterocycles. The Balaban J connectivity index is 0.000000205. The van der Waals surface area contributed by atoms with Crippen molar-refractivity contribution in [2.24, 2.45) is 0 Å². The van der Waals surface area contributed by atoms with Crippen molar-refractivity contribution >= 4 is 46.8 Å². The Morgan fingerprint density at radius 3 is 2.24 bits per heavy atom. The lowest BCUT2D eigenvalue weighted by Gasteiger charge is -2.15. The van der Waals surface area contributed by atoms with E-state index in [4.69, 9.17) is 23.2 Å². The highest BCUT2D eigenvalue weighted by Crippen LogP contribution is 2.41. The van der Waals surface area contributed by atoms with Crippen molar-refractivity contribution in [2.45, 2.75) is 31.6 Å². The van der Waals surface area contributed by atoms with E-state index in [0.717, 1.165) is 38.4 Å². The number of hydrogen-bond acceptors (Lipinski definition) is 4. The molecule has 0 atom stereocenters. The van der Waals surface area contributed by atoms with E-state index in [9.17, 15) is 9.59 Å². The molecule has 8 heteroatoms. The number of benzene rings is 2. The summed E-state index contributed by atoms with van der Waals surface area (Å²) in [5.74, 6) is 1.78. The van der Waals surface area contributed by atoms with Crippen molar-refractivity contribution in [3.63, 3.8) is 0 Å². The highest BCUT2D eigenvalue weighted by atomic mass is 35.5. The van der Waals surface area contributed by atoms with E-state index in [1.807, 2.05) is 37.0 Å². The molecule has 2 aliphatic rings. The SMILES string of the molecule is CNCCSC.Clc1ccc(C2CC2)cc1Cl.O=C(NCC(=O)N1CCCC1)c1ccccc1. The van der Waals surface area contributed by atoms with Crippen LogP contribution in [0.2, 0.25) is 10.0 Å². The van der Waals surface area contributed by atoms with Crippen LogP contribution >= 0.6 is 35.0 Å². The maximum atomic E-state index is 11.7. The van der Waals surface area contributed by atoms with Gasteiger partial charge in [-0.25, -0.2) is 0 Å². The molecule has 2 amide bonds. The average Bonchev–Trinajstić information content (AvgIpc) is 3.57. The maximum Gasteiger partial charge on any atom is 0.251 e. The second kappa shape index (κ2) is 16.0. The van der Waals surface area contributed by atoms with E-state index in [2.05, 4.69) is 23.0 Å². The number of carbonyl (C=O) groups excluding carboxylic acids is 2. The van der Waals surface area contributed by atoms with Crippen molar-refractivity contribution in [2.75, 3.05) is 45.2 Å². The van der Waals surface area contributed by atoms with Gasteiger partial charge in [0.05, 0.1) is 16.6 Å². The molecule has 0 unspecified atom stereocenters. The molecule has 0 spiro atoms. The summed E-state index contributed by atoms with van der Waals surface area (Å²) in [5, 5.41) is 7.02. The Labute approximate surface area is 218 Å². The molecule has 1 aliphatic carbocycles. The van der Waals surface area contributed by atoms with Crippen LogP contribution in [0.1, 0.15) is 47.5 Å². The van der Waals surface area contributed by atoms with Crippen LogP contribution in [-0.4, -0.2) is 61.9 Å². The number of hydrogen-bond donors (Lipinski definition) is 2. The van der Waals surface area contributed by atoms with E-state index in [-0.39, 0.29) is 18.4 Å². The number of carbonyl (C=O) groups is 2. The van der Waals surface area contributed by atoms with E-state index in [1.54, 1.807) is 29.2 Å². The van der Waals surface area contributed by atoms with E-state index < -0.39 is 0 Å². The third-order valence-corrected chi connectivity index (χ3v) is 6.79. The summed E-state index contributed by atoms with van der Waals surface area (Å²) in [6.07, 6.45) is 6.85. The molecule has 0 radical (unpaired) electrons. The first-order valence-corrected chi connectivity index (χ1v) is 13.8. The molecule has 1 heterocycles. The zero-order valence-corrected chi connectivity index (χ0v) is 22.3. The molecule has 2 aromatic rings. The number of nitrogens with zero attached hydrogens (tertiary/aromatic N) is 1. The topological polar surface area (TPSA) is 61.4 Å². The highest BCUT2D eigenvalue weighted by molar-refractivity contribution is 7.98. The minimum atomic E-state index is -0.196. The van der Waals surface area contributed by atoms with Gasteiger partial charge in [-0.15, -0.1) is 0 Å².